The molecule has 4 nitrogen and oxygen atoms in total. The first kappa shape index (κ1) is 15.5. The maximum Gasteiger partial charge on any atom is 0.129 e. The molecule has 0 spiro atoms. The molecule has 1 aromatic heterocycles. The van der Waals surface area contributed by atoms with E-state index in [-0.39, 0.29) is 5.60 Å². The van der Waals surface area contributed by atoms with E-state index in [1.165, 1.54) is 0 Å². The third-order valence-corrected chi connectivity index (χ3v) is 4.30. The molecule has 0 radical (unpaired) electrons. The average Bonchev–Trinajstić information content (AvgIpc) is 2.46. The van der Waals surface area contributed by atoms with E-state index in [4.69, 9.17) is 16.3 Å². The molecule has 1 N–H and O–H groups in total. The van der Waals surface area contributed by atoms with E-state index in [1.807, 2.05) is 0 Å². The van der Waals surface area contributed by atoms with Crippen molar-refractivity contribution in [1.29, 1.82) is 0 Å². The van der Waals surface area contributed by atoms with Crippen LogP contribution < -0.4 is 10.2 Å². The molecule has 1 saturated heterocycles. The molecule has 0 aliphatic carbocycles. The Kier molecular flexibility index (Phi) is 5.24. The number of halogens is 1. The molecule has 20 heavy (non-hydrogen) atoms. The van der Waals surface area contributed by atoms with Gasteiger partial charge in [0.25, 0.3) is 0 Å². The van der Waals surface area contributed by atoms with E-state index < -0.39 is 0 Å². The highest BCUT2D eigenvalue weighted by atomic mass is 35.5. The third kappa shape index (κ3) is 3.62. The molecule has 1 aromatic rings. The van der Waals surface area contributed by atoms with Crippen LogP contribution in [0.5, 0.6) is 0 Å². The van der Waals surface area contributed by atoms with Crippen LogP contribution in [0.25, 0.3) is 0 Å². The topological polar surface area (TPSA) is 37.4 Å². The minimum Gasteiger partial charge on any atom is -0.377 e. The van der Waals surface area contributed by atoms with Crippen molar-refractivity contribution in [3.63, 3.8) is 0 Å². The van der Waals surface area contributed by atoms with Crippen LogP contribution in [0.2, 0.25) is 5.02 Å². The number of ether oxygens (including phenoxy) is 1. The van der Waals surface area contributed by atoms with Gasteiger partial charge in [0.1, 0.15) is 5.82 Å². The van der Waals surface area contributed by atoms with Crippen LogP contribution >= 0.6 is 11.6 Å². The standard InChI is InChI=1S/C15H24ClN3O/c1-4-17-9-12-8-14(18-10-13(12)16)19-7-5-6-15(2,11-19)20-3/h8,10,17H,4-7,9,11H2,1-3H3. The first-order valence-electron chi connectivity index (χ1n) is 7.23. The number of nitrogens with one attached hydrogen (secondary N) is 1. The molecular formula is C15H24ClN3O. The van der Waals surface area contributed by atoms with Gasteiger partial charge in [0, 0.05) is 32.9 Å². The van der Waals surface area contributed by atoms with Crippen LogP contribution in [0, 0.1) is 0 Å². The Labute approximate surface area is 126 Å². The maximum atomic E-state index is 6.21. The molecule has 0 saturated carbocycles. The van der Waals surface area contributed by atoms with Crippen molar-refractivity contribution >= 4 is 17.4 Å². The Bertz CT molecular complexity index is 455. The zero-order valence-electron chi connectivity index (χ0n) is 12.6. The summed E-state index contributed by atoms with van der Waals surface area (Å²) in [5, 5.41) is 4.03. The minimum absolute atomic E-state index is 0.0819. The van der Waals surface area contributed by atoms with Crippen molar-refractivity contribution in [1.82, 2.24) is 10.3 Å². The van der Waals surface area contributed by atoms with Gasteiger partial charge >= 0.3 is 0 Å². The van der Waals surface area contributed by atoms with Gasteiger partial charge < -0.3 is 15.0 Å². The summed E-state index contributed by atoms with van der Waals surface area (Å²) < 4.78 is 5.64. The molecule has 2 rings (SSSR count). The molecule has 1 fully saturated rings. The van der Waals surface area contributed by atoms with Crippen molar-refractivity contribution < 1.29 is 4.74 Å². The molecule has 2 heterocycles. The number of piperidine rings is 1. The highest BCUT2D eigenvalue weighted by Crippen LogP contribution is 2.28. The van der Waals surface area contributed by atoms with Gasteiger partial charge in [-0.05, 0) is 37.9 Å². The first-order chi connectivity index (χ1) is 9.58. The Balaban J connectivity index is 2.15. The predicted molar refractivity (Wildman–Crippen MR) is 83.5 cm³/mol. The SMILES string of the molecule is CCNCc1cc(N2CCCC(C)(OC)C2)ncc1Cl. The largest absolute Gasteiger partial charge is 0.377 e. The summed E-state index contributed by atoms with van der Waals surface area (Å²) in [7, 11) is 1.79. The van der Waals surface area contributed by atoms with E-state index in [0.29, 0.717) is 0 Å². The summed E-state index contributed by atoms with van der Waals surface area (Å²) in [6, 6.07) is 2.09. The van der Waals surface area contributed by atoms with Crippen molar-refractivity contribution in [3.05, 3.63) is 22.8 Å². The highest BCUT2D eigenvalue weighted by molar-refractivity contribution is 6.31. The van der Waals surface area contributed by atoms with Crippen LogP contribution in [0.3, 0.4) is 0 Å². The average molecular weight is 298 g/mol. The molecule has 1 aliphatic rings. The number of anilines is 1. The number of aromatic nitrogens is 1. The summed E-state index contributed by atoms with van der Waals surface area (Å²) >= 11 is 6.21. The summed E-state index contributed by atoms with van der Waals surface area (Å²) in [6.07, 6.45) is 3.97. The molecule has 1 unspecified atom stereocenters. The summed E-state index contributed by atoms with van der Waals surface area (Å²) in [4.78, 5) is 6.77. The lowest BCUT2D eigenvalue weighted by Crippen LogP contribution is -2.47. The molecule has 0 amide bonds. The van der Waals surface area contributed by atoms with Gasteiger partial charge in [0.15, 0.2) is 0 Å². The van der Waals surface area contributed by atoms with Crippen molar-refractivity contribution in [2.45, 2.75) is 38.8 Å². The van der Waals surface area contributed by atoms with Gasteiger partial charge in [-0.3, -0.25) is 0 Å². The lowest BCUT2D eigenvalue weighted by Gasteiger charge is -2.40. The summed E-state index contributed by atoms with van der Waals surface area (Å²) in [5.74, 6) is 0.991. The van der Waals surface area contributed by atoms with E-state index in [2.05, 4.69) is 35.1 Å². The summed E-state index contributed by atoms with van der Waals surface area (Å²) in [6.45, 7) is 7.85. The number of hydrogen-bond donors (Lipinski definition) is 1. The quantitative estimate of drug-likeness (QED) is 0.907. The predicted octanol–water partition coefficient (Wildman–Crippen LogP) is 2.85. The van der Waals surface area contributed by atoms with E-state index >= 15 is 0 Å². The zero-order chi connectivity index (χ0) is 14.6. The second-order valence-corrected chi connectivity index (χ2v) is 6.00. The van der Waals surface area contributed by atoms with Gasteiger partial charge in [-0.25, -0.2) is 4.98 Å². The van der Waals surface area contributed by atoms with Gasteiger partial charge in [-0.15, -0.1) is 0 Å². The minimum atomic E-state index is -0.0819. The molecule has 5 heteroatoms. The van der Waals surface area contributed by atoms with Gasteiger partial charge in [-0.1, -0.05) is 18.5 Å². The van der Waals surface area contributed by atoms with Gasteiger partial charge in [0.05, 0.1) is 10.6 Å². The number of rotatable bonds is 5. The van der Waals surface area contributed by atoms with Crippen LogP contribution in [-0.2, 0) is 11.3 Å². The zero-order valence-corrected chi connectivity index (χ0v) is 13.3. The number of methoxy groups -OCH3 is 1. The molecule has 1 atom stereocenters. The Hall–Kier alpha value is -0.840. The highest BCUT2D eigenvalue weighted by Gasteiger charge is 2.31. The van der Waals surface area contributed by atoms with Crippen LogP contribution in [0.15, 0.2) is 12.3 Å². The second-order valence-electron chi connectivity index (χ2n) is 5.59. The molecule has 0 bridgehead atoms. The van der Waals surface area contributed by atoms with Gasteiger partial charge in [-0.2, -0.15) is 0 Å². The fourth-order valence-corrected chi connectivity index (χ4v) is 2.77. The summed E-state index contributed by atoms with van der Waals surface area (Å²) in [5.41, 5.74) is 1.02. The number of hydrogen-bond acceptors (Lipinski definition) is 4. The smallest absolute Gasteiger partial charge is 0.129 e. The number of pyridine rings is 1. The molecular weight excluding hydrogens is 274 g/mol. The Morgan fingerprint density at radius 2 is 2.35 bits per heavy atom. The van der Waals surface area contributed by atoms with Crippen LogP contribution in [-0.4, -0.2) is 37.3 Å². The fourth-order valence-electron chi connectivity index (χ4n) is 2.60. The normalized spacial score (nSPS) is 23.1. The van der Waals surface area contributed by atoms with E-state index in [1.54, 1.807) is 13.3 Å². The second kappa shape index (κ2) is 6.74. The maximum absolute atomic E-state index is 6.21. The molecule has 1 aliphatic heterocycles. The van der Waals surface area contributed by atoms with Crippen molar-refractivity contribution in [3.8, 4) is 0 Å². The lowest BCUT2D eigenvalue weighted by atomic mass is 9.95. The lowest BCUT2D eigenvalue weighted by molar-refractivity contribution is -0.00481. The van der Waals surface area contributed by atoms with Crippen LogP contribution in [0.4, 0.5) is 5.82 Å². The fraction of sp³-hybridized carbons (Fsp3) is 0.667. The van der Waals surface area contributed by atoms with Gasteiger partial charge in [0.2, 0.25) is 0 Å². The van der Waals surface area contributed by atoms with Crippen molar-refractivity contribution in [2.75, 3.05) is 31.6 Å². The monoisotopic (exact) mass is 297 g/mol. The Morgan fingerprint density at radius 3 is 3.05 bits per heavy atom. The van der Waals surface area contributed by atoms with Crippen LogP contribution in [0.1, 0.15) is 32.3 Å². The van der Waals surface area contributed by atoms with E-state index in [9.17, 15) is 0 Å². The van der Waals surface area contributed by atoms with E-state index in [0.717, 1.165) is 55.4 Å². The van der Waals surface area contributed by atoms with Crippen molar-refractivity contribution in [2.24, 2.45) is 0 Å². The number of nitrogens with zero attached hydrogens (tertiary/aromatic N) is 2. The third-order valence-electron chi connectivity index (χ3n) is 3.96. The Morgan fingerprint density at radius 1 is 1.55 bits per heavy atom. The molecule has 0 aromatic carbocycles. The molecule has 112 valence electrons. The first-order valence-corrected chi connectivity index (χ1v) is 7.61.